The molecule has 0 spiro atoms. The van der Waals surface area contributed by atoms with Crippen molar-refractivity contribution in [3.63, 3.8) is 0 Å². The summed E-state index contributed by atoms with van der Waals surface area (Å²) in [5, 5.41) is 11.9. The first kappa shape index (κ1) is 15.5. The van der Waals surface area contributed by atoms with Gasteiger partial charge in [-0.25, -0.2) is 0 Å². The van der Waals surface area contributed by atoms with Crippen LogP contribution < -0.4 is 5.32 Å². The van der Waals surface area contributed by atoms with Gasteiger partial charge in [0.2, 0.25) is 0 Å². The summed E-state index contributed by atoms with van der Waals surface area (Å²) >= 11 is 4.82. The van der Waals surface area contributed by atoms with E-state index in [1.54, 1.807) is 6.08 Å². The average molecular weight is 361 g/mol. The molecular weight excluding hydrogens is 348 g/mol. The highest BCUT2D eigenvalue weighted by Gasteiger charge is 2.10. The molecule has 106 valence electrons. The molecule has 0 bridgehead atoms. The van der Waals surface area contributed by atoms with Crippen molar-refractivity contribution in [1.29, 1.82) is 5.26 Å². The number of nitrogens with zero attached hydrogens (tertiary/aromatic N) is 1. The summed E-state index contributed by atoms with van der Waals surface area (Å²) in [7, 11) is 0. The first-order valence-electron chi connectivity index (χ1n) is 6.25. The number of nitriles is 1. The Kier molecular flexibility index (Phi) is 4.94. The van der Waals surface area contributed by atoms with E-state index < -0.39 is 5.91 Å². The van der Waals surface area contributed by atoms with Crippen LogP contribution in [0.25, 0.3) is 6.08 Å². The number of rotatable bonds is 3. The van der Waals surface area contributed by atoms with Crippen molar-refractivity contribution < 1.29 is 4.79 Å². The lowest BCUT2D eigenvalue weighted by molar-refractivity contribution is -0.112. The molecule has 0 unspecified atom stereocenters. The third kappa shape index (κ3) is 4.03. The third-order valence-corrected chi connectivity index (χ3v) is 4.58. The van der Waals surface area contributed by atoms with Crippen molar-refractivity contribution in [1.82, 2.24) is 0 Å². The molecule has 0 saturated heterocycles. The molecule has 2 aromatic rings. The van der Waals surface area contributed by atoms with Crippen LogP contribution >= 0.6 is 27.3 Å². The Morgan fingerprint density at radius 1 is 1.29 bits per heavy atom. The van der Waals surface area contributed by atoms with E-state index in [2.05, 4.69) is 21.2 Å². The number of hydrogen-bond donors (Lipinski definition) is 1. The molecule has 0 aliphatic rings. The lowest BCUT2D eigenvalue weighted by Gasteiger charge is -2.06. The van der Waals surface area contributed by atoms with E-state index in [9.17, 15) is 4.79 Å². The van der Waals surface area contributed by atoms with E-state index in [-0.39, 0.29) is 5.57 Å². The van der Waals surface area contributed by atoms with Gasteiger partial charge in [0.1, 0.15) is 11.6 Å². The molecule has 0 aliphatic heterocycles. The van der Waals surface area contributed by atoms with Crippen LogP contribution in [-0.4, -0.2) is 5.91 Å². The van der Waals surface area contributed by atoms with Gasteiger partial charge < -0.3 is 5.32 Å². The summed E-state index contributed by atoms with van der Waals surface area (Å²) in [6.45, 7) is 3.99. The quantitative estimate of drug-likeness (QED) is 0.638. The Hall–Kier alpha value is -1.90. The van der Waals surface area contributed by atoms with Gasteiger partial charge in [-0.15, -0.1) is 11.3 Å². The third-order valence-electron chi connectivity index (χ3n) is 3.01. The number of aryl methyl sites for hydroxylation is 2. The Morgan fingerprint density at radius 3 is 2.62 bits per heavy atom. The van der Waals surface area contributed by atoms with Crippen molar-refractivity contribution in [3.05, 3.63) is 55.7 Å². The fourth-order valence-corrected chi connectivity index (χ4v) is 3.08. The predicted octanol–water partition coefficient (Wildman–Crippen LogP) is 4.67. The average Bonchev–Trinajstić information content (AvgIpc) is 2.85. The van der Waals surface area contributed by atoms with Gasteiger partial charge in [0.15, 0.2) is 0 Å². The largest absolute Gasteiger partial charge is 0.321 e. The molecule has 3 nitrogen and oxygen atoms in total. The molecule has 2 rings (SSSR count). The monoisotopic (exact) mass is 360 g/mol. The van der Waals surface area contributed by atoms with E-state index in [0.29, 0.717) is 5.69 Å². The predicted molar refractivity (Wildman–Crippen MR) is 90.2 cm³/mol. The van der Waals surface area contributed by atoms with Crippen LogP contribution in [0, 0.1) is 25.2 Å². The molecule has 1 heterocycles. The van der Waals surface area contributed by atoms with E-state index in [4.69, 9.17) is 5.26 Å². The van der Waals surface area contributed by atoms with Gasteiger partial charge in [0, 0.05) is 10.6 Å². The van der Waals surface area contributed by atoms with Crippen LogP contribution in [0.3, 0.4) is 0 Å². The summed E-state index contributed by atoms with van der Waals surface area (Å²) in [5.74, 6) is -0.398. The highest BCUT2D eigenvalue weighted by Crippen LogP contribution is 2.24. The van der Waals surface area contributed by atoms with E-state index in [0.717, 1.165) is 19.8 Å². The maximum Gasteiger partial charge on any atom is 0.266 e. The molecule has 1 aromatic heterocycles. The SMILES string of the molecule is Cc1ccc(NC(=O)/C(C#N)=C/c2ccc(Br)s2)cc1C. The van der Waals surface area contributed by atoms with Crippen LogP contribution in [0.15, 0.2) is 39.7 Å². The van der Waals surface area contributed by atoms with Gasteiger partial charge >= 0.3 is 0 Å². The highest BCUT2D eigenvalue weighted by atomic mass is 79.9. The lowest BCUT2D eigenvalue weighted by Crippen LogP contribution is -2.13. The Labute approximate surface area is 136 Å². The van der Waals surface area contributed by atoms with Crippen LogP contribution in [0.2, 0.25) is 0 Å². The zero-order valence-corrected chi connectivity index (χ0v) is 14.0. The summed E-state index contributed by atoms with van der Waals surface area (Å²) in [5.41, 5.74) is 3.03. The molecule has 0 atom stereocenters. The van der Waals surface area contributed by atoms with Crippen molar-refractivity contribution in [2.75, 3.05) is 5.32 Å². The number of halogens is 1. The zero-order valence-electron chi connectivity index (χ0n) is 11.6. The van der Waals surface area contributed by atoms with Crippen LogP contribution in [0.1, 0.15) is 16.0 Å². The number of anilines is 1. The van der Waals surface area contributed by atoms with Crippen molar-refractivity contribution >= 4 is 44.9 Å². The number of carbonyl (C=O) groups excluding carboxylic acids is 1. The van der Waals surface area contributed by atoms with Gasteiger partial charge in [-0.3, -0.25) is 4.79 Å². The number of amides is 1. The zero-order chi connectivity index (χ0) is 15.4. The second-order valence-electron chi connectivity index (χ2n) is 4.56. The summed E-state index contributed by atoms with van der Waals surface area (Å²) in [6, 6.07) is 11.3. The minimum atomic E-state index is -0.398. The van der Waals surface area contributed by atoms with Gasteiger partial charge in [-0.05, 0) is 71.2 Å². The fraction of sp³-hybridized carbons (Fsp3) is 0.125. The first-order valence-corrected chi connectivity index (χ1v) is 7.86. The summed E-state index contributed by atoms with van der Waals surface area (Å²) < 4.78 is 0.959. The first-order chi connectivity index (χ1) is 9.99. The number of nitrogens with one attached hydrogen (secondary N) is 1. The van der Waals surface area contributed by atoms with Crippen LogP contribution in [-0.2, 0) is 4.79 Å². The second-order valence-corrected chi connectivity index (χ2v) is 7.06. The van der Waals surface area contributed by atoms with Gasteiger partial charge in [0.05, 0.1) is 3.79 Å². The molecule has 1 aromatic carbocycles. The van der Waals surface area contributed by atoms with Crippen molar-refractivity contribution in [2.45, 2.75) is 13.8 Å². The minimum absolute atomic E-state index is 0.0857. The molecule has 1 N–H and O–H groups in total. The molecule has 0 saturated carbocycles. The normalized spacial score (nSPS) is 11.0. The standard InChI is InChI=1S/C16H13BrN2OS/c1-10-3-4-13(7-11(10)2)19-16(20)12(9-18)8-14-5-6-15(17)21-14/h3-8H,1-2H3,(H,19,20)/b12-8+. The lowest BCUT2D eigenvalue weighted by atomic mass is 10.1. The van der Waals surface area contributed by atoms with Crippen molar-refractivity contribution in [3.8, 4) is 6.07 Å². The number of thiophene rings is 1. The highest BCUT2D eigenvalue weighted by molar-refractivity contribution is 9.11. The maximum atomic E-state index is 12.1. The smallest absolute Gasteiger partial charge is 0.266 e. The summed E-state index contributed by atoms with van der Waals surface area (Å²) in [4.78, 5) is 13.0. The van der Waals surface area contributed by atoms with Crippen LogP contribution in [0.4, 0.5) is 5.69 Å². The van der Waals surface area contributed by atoms with E-state index >= 15 is 0 Å². The number of hydrogen-bond acceptors (Lipinski definition) is 3. The Morgan fingerprint density at radius 2 is 2.05 bits per heavy atom. The van der Waals surface area contributed by atoms with Gasteiger partial charge in [-0.1, -0.05) is 6.07 Å². The van der Waals surface area contributed by atoms with Crippen molar-refractivity contribution in [2.24, 2.45) is 0 Å². The molecule has 0 fully saturated rings. The Balaban J connectivity index is 2.19. The summed E-state index contributed by atoms with van der Waals surface area (Å²) in [6.07, 6.45) is 1.59. The van der Waals surface area contributed by atoms with Gasteiger partial charge in [0.25, 0.3) is 5.91 Å². The number of carbonyl (C=O) groups is 1. The molecule has 0 radical (unpaired) electrons. The number of benzene rings is 1. The molecule has 5 heteroatoms. The van der Waals surface area contributed by atoms with Crippen LogP contribution in [0.5, 0.6) is 0 Å². The second kappa shape index (κ2) is 6.70. The topological polar surface area (TPSA) is 52.9 Å². The fourth-order valence-electron chi connectivity index (χ4n) is 1.71. The molecular formula is C16H13BrN2OS. The maximum absolute atomic E-state index is 12.1. The molecule has 1 amide bonds. The molecule has 21 heavy (non-hydrogen) atoms. The Bertz CT molecular complexity index is 756. The van der Waals surface area contributed by atoms with E-state index in [1.807, 2.05) is 50.2 Å². The van der Waals surface area contributed by atoms with Gasteiger partial charge in [-0.2, -0.15) is 5.26 Å². The van der Waals surface area contributed by atoms with E-state index in [1.165, 1.54) is 11.3 Å². The minimum Gasteiger partial charge on any atom is -0.321 e. The molecule has 0 aliphatic carbocycles.